The van der Waals surface area contributed by atoms with E-state index in [2.05, 4.69) is 5.32 Å². The van der Waals surface area contributed by atoms with E-state index >= 15 is 0 Å². The van der Waals surface area contributed by atoms with Crippen LogP contribution in [0.15, 0.2) is 42.5 Å². The van der Waals surface area contributed by atoms with Crippen LogP contribution in [0.1, 0.15) is 23.2 Å². The smallest absolute Gasteiger partial charge is 0.255 e. The van der Waals surface area contributed by atoms with Crippen LogP contribution in [0.4, 0.5) is 8.78 Å². The highest BCUT2D eigenvalue weighted by Gasteiger charge is 2.24. The fourth-order valence-corrected chi connectivity index (χ4v) is 3.32. The predicted molar refractivity (Wildman–Crippen MR) is 100 cm³/mol. The lowest BCUT2D eigenvalue weighted by Crippen LogP contribution is -2.45. The molecule has 1 aliphatic heterocycles. The first kappa shape index (κ1) is 19.6. The van der Waals surface area contributed by atoms with Gasteiger partial charge >= 0.3 is 0 Å². The summed E-state index contributed by atoms with van der Waals surface area (Å²) in [6.45, 7) is 2.12. The molecule has 144 valence electrons. The van der Waals surface area contributed by atoms with Crippen LogP contribution in [-0.2, 0) is 0 Å². The maximum absolute atomic E-state index is 13.5. The average Bonchev–Trinajstić information content (AvgIpc) is 2.67. The fraction of sp³-hybridized carbons (Fsp3) is 0.350. The highest BCUT2D eigenvalue weighted by atomic mass is 35.5. The molecule has 1 saturated heterocycles. The fourth-order valence-electron chi connectivity index (χ4n) is 3.11. The van der Waals surface area contributed by atoms with E-state index in [1.807, 2.05) is 4.90 Å². The number of halogens is 3. The molecule has 1 amide bonds. The van der Waals surface area contributed by atoms with Crippen LogP contribution >= 0.6 is 11.6 Å². The summed E-state index contributed by atoms with van der Waals surface area (Å²) >= 11 is 6.10. The summed E-state index contributed by atoms with van der Waals surface area (Å²) in [5.41, 5.74) is 0.528. The molecule has 0 radical (unpaired) electrons. The Morgan fingerprint density at radius 1 is 1.19 bits per heavy atom. The van der Waals surface area contributed by atoms with Crippen molar-refractivity contribution in [2.75, 3.05) is 26.2 Å². The number of carbonyl (C=O) groups excluding carboxylic acids is 1. The van der Waals surface area contributed by atoms with Gasteiger partial charge in [0.25, 0.3) is 5.91 Å². The third kappa shape index (κ3) is 5.17. The first-order valence-electron chi connectivity index (χ1n) is 8.89. The number of nitrogens with zero attached hydrogens (tertiary/aromatic N) is 1. The standard InChI is InChI=1S/C20H21ClF2N2O2/c21-17-4-2-1-3-16(17)20(26)25-10-7-15(8-11-25)24-9-12-27-19-6-5-14(22)13-18(19)23/h1-6,13,15,24H,7-12H2. The number of hydrogen-bond donors (Lipinski definition) is 1. The largest absolute Gasteiger partial charge is 0.489 e. The van der Waals surface area contributed by atoms with Crippen LogP contribution < -0.4 is 10.1 Å². The Kier molecular flexibility index (Phi) is 6.63. The van der Waals surface area contributed by atoms with E-state index in [0.717, 1.165) is 25.0 Å². The van der Waals surface area contributed by atoms with Gasteiger partial charge in [0.15, 0.2) is 11.6 Å². The van der Waals surface area contributed by atoms with Gasteiger partial charge in [-0.15, -0.1) is 0 Å². The van der Waals surface area contributed by atoms with Crippen molar-refractivity contribution in [2.24, 2.45) is 0 Å². The zero-order valence-corrected chi connectivity index (χ0v) is 15.5. The first-order valence-corrected chi connectivity index (χ1v) is 9.27. The summed E-state index contributed by atoms with van der Waals surface area (Å²) in [7, 11) is 0. The van der Waals surface area contributed by atoms with Crippen molar-refractivity contribution in [1.29, 1.82) is 0 Å². The van der Waals surface area contributed by atoms with Crippen molar-refractivity contribution in [3.05, 3.63) is 64.7 Å². The minimum absolute atomic E-state index is 0.0401. The Balaban J connectivity index is 1.39. The van der Waals surface area contributed by atoms with Crippen LogP contribution in [0.25, 0.3) is 0 Å². The van der Waals surface area contributed by atoms with Gasteiger partial charge < -0.3 is 15.0 Å². The van der Waals surface area contributed by atoms with E-state index in [1.165, 1.54) is 6.07 Å². The van der Waals surface area contributed by atoms with Gasteiger partial charge in [0.1, 0.15) is 12.4 Å². The normalized spacial score (nSPS) is 15.0. The van der Waals surface area contributed by atoms with E-state index in [9.17, 15) is 13.6 Å². The van der Waals surface area contributed by atoms with Crippen LogP contribution in [0.3, 0.4) is 0 Å². The van der Waals surface area contributed by atoms with Crippen molar-refractivity contribution in [3.8, 4) is 5.75 Å². The molecule has 0 aromatic heterocycles. The number of amides is 1. The quantitative estimate of drug-likeness (QED) is 0.756. The molecule has 0 bridgehead atoms. The Morgan fingerprint density at radius 2 is 1.93 bits per heavy atom. The Labute approximate surface area is 162 Å². The molecule has 0 atom stereocenters. The van der Waals surface area contributed by atoms with Crippen LogP contribution in [0.2, 0.25) is 5.02 Å². The van der Waals surface area contributed by atoms with E-state index in [0.29, 0.717) is 30.2 Å². The number of nitrogens with one attached hydrogen (secondary N) is 1. The Morgan fingerprint density at radius 3 is 2.63 bits per heavy atom. The van der Waals surface area contributed by atoms with Gasteiger partial charge in [-0.25, -0.2) is 8.78 Å². The molecule has 7 heteroatoms. The second-order valence-corrected chi connectivity index (χ2v) is 6.83. The van der Waals surface area contributed by atoms with Gasteiger partial charge in [0, 0.05) is 31.7 Å². The second kappa shape index (κ2) is 9.15. The summed E-state index contributed by atoms with van der Waals surface area (Å²) in [6, 6.07) is 10.6. The lowest BCUT2D eigenvalue weighted by molar-refractivity contribution is 0.0704. The number of hydrogen-bond acceptors (Lipinski definition) is 3. The average molecular weight is 395 g/mol. The summed E-state index contributed by atoms with van der Waals surface area (Å²) in [4.78, 5) is 14.3. The maximum atomic E-state index is 13.5. The molecule has 1 N–H and O–H groups in total. The van der Waals surface area contributed by atoms with Gasteiger partial charge in [0.05, 0.1) is 10.6 Å². The monoisotopic (exact) mass is 394 g/mol. The van der Waals surface area contributed by atoms with Crippen LogP contribution in [0, 0.1) is 11.6 Å². The minimum atomic E-state index is -0.707. The minimum Gasteiger partial charge on any atom is -0.489 e. The highest BCUT2D eigenvalue weighted by molar-refractivity contribution is 6.33. The molecule has 2 aromatic rings. The summed E-state index contributed by atoms with van der Waals surface area (Å²) < 4.78 is 31.7. The molecular weight excluding hydrogens is 374 g/mol. The topological polar surface area (TPSA) is 41.6 Å². The van der Waals surface area contributed by atoms with Crippen molar-refractivity contribution in [3.63, 3.8) is 0 Å². The lowest BCUT2D eigenvalue weighted by Gasteiger charge is -2.32. The molecule has 1 heterocycles. The summed E-state index contributed by atoms with van der Waals surface area (Å²) in [5, 5.41) is 3.81. The lowest BCUT2D eigenvalue weighted by atomic mass is 10.0. The van der Waals surface area contributed by atoms with Gasteiger partial charge in [-0.3, -0.25) is 4.79 Å². The molecule has 1 aliphatic rings. The van der Waals surface area contributed by atoms with Gasteiger partial charge in [-0.1, -0.05) is 23.7 Å². The van der Waals surface area contributed by atoms with Gasteiger partial charge in [-0.05, 0) is 37.1 Å². The van der Waals surface area contributed by atoms with Crippen molar-refractivity contribution >= 4 is 17.5 Å². The zero-order valence-electron chi connectivity index (χ0n) is 14.8. The molecule has 0 unspecified atom stereocenters. The predicted octanol–water partition coefficient (Wildman–Crippen LogP) is 3.89. The van der Waals surface area contributed by atoms with Crippen molar-refractivity contribution in [2.45, 2.75) is 18.9 Å². The molecule has 0 aliphatic carbocycles. The number of ether oxygens (including phenoxy) is 1. The zero-order chi connectivity index (χ0) is 19.2. The van der Waals surface area contributed by atoms with Crippen LogP contribution in [0.5, 0.6) is 5.75 Å². The molecule has 0 saturated carbocycles. The van der Waals surface area contributed by atoms with Gasteiger partial charge in [-0.2, -0.15) is 0 Å². The van der Waals surface area contributed by atoms with Crippen molar-refractivity contribution < 1.29 is 18.3 Å². The van der Waals surface area contributed by atoms with Crippen LogP contribution in [-0.4, -0.2) is 43.1 Å². The van der Waals surface area contributed by atoms with E-state index < -0.39 is 11.6 Å². The van der Waals surface area contributed by atoms with E-state index in [1.54, 1.807) is 24.3 Å². The first-order chi connectivity index (χ1) is 13.0. The molecule has 2 aromatic carbocycles. The Hall–Kier alpha value is -2.18. The SMILES string of the molecule is O=C(c1ccccc1Cl)N1CCC(NCCOc2ccc(F)cc2F)CC1. The Bertz CT molecular complexity index is 795. The molecule has 1 fully saturated rings. The number of rotatable bonds is 6. The molecule has 4 nitrogen and oxygen atoms in total. The number of carbonyl (C=O) groups is 1. The molecular formula is C20H21ClF2N2O2. The van der Waals surface area contributed by atoms with Gasteiger partial charge in [0.2, 0.25) is 0 Å². The molecule has 27 heavy (non-hydrogen) atoms. The van der Waals surface area contributed by atoms with Crippen molar-refractivity contribution in [1.82, 2.24) is 10.2 Å². The number of piperidine rings is 1. The maximum Gasteiger partial charge on any atom is 0.255 e. The third-order valence-corrected chi connectivity index (χ3v) is 4.90. The van der Waals surface area contributed by atoms with E-state index in [-0.39, 0.29) is 24.3 Å². The number of benzene rings is 2. The molecule has 3 rings (SSSR count). The summed E-state index contributed by atoms with van der Waals surface area (Å²) in [5.74, 6) is -1.34. The highest BCUT2D eigenvalue weighted by Crippen LogP contribution is 2.20. The van der Waals surface area contributed by atoms with E-state index in [4.69, 9.17) is 16.3 Å². The second-order valence-electron chi connectivity index (χ2n) is 6.42. The molecule has 0 spiro atoms. The third-order valence-electron chi connectivity index (χ3n) is 4.57. The summed E-state index contributed by atoms with van der Waals surface area (Å²) in [6.07, 6.45) is 1.64. The number of likely N-dealkylation sites (tertiary alicyclic amines) is 1.